The van der Waals surface area contributed by atoms with Crippen LogP contribution in [0, 0.1) is 0 Å². The Balaban J connectivity index is 1.88. The molecule has 7 nitrogen and oxygen atoms in total. The van der Waals surface area contributed by atoms with Crippen LogP contribution in [0.5, 0.6) is 0 Å². The molecule has 0 spiro atoms. The van der Waals surface area contributed by atoms with Crippen LogP contribution in [0.4, 0.5) is 0 Å². The highest BCUT2D eigenvalue weighted by molar-refractivity contribution is 5.93. The molecule has 0 aliphatic heterocycles. The summed E-state index contributed by atoms with van der Waals surface area (Å²) < 4.78 is 3.32. The number of amides is 1. The molecule has 0 aliphatic rings. The van der Waals surface area contributed by atoms with Gasteiger partial charge in [0.15, 0.2) is 0 Å². The van der Waals surface area contributed by atoms with E-state index in [1.165, 1.54) is 4.57 Å². The molecule has 0 aliphatic carbocycles. The number of nitrogens with zero attached hydrogens (tertiary/aromatic N) is 2. The van der Waals surface area contributed by atoms with Gasteiger partial charge in [0, 0.05) is 42.3 Å². The molecule has 7 heteroatoms. The summed E-state index contributed by atoms with van der Waals surface area (Å²) in [6, 6.07) is 14.3. The topological polar surface area (TPSA) is 103 Å². The smallest absolute Gasteiger partial charge is 0.274 e. The number of benzene rings is 2. The van der Waals surface area contributed by atoms with Crippen molar-refractivity contribution >= 4 is 29.0 Å². The first-order chi connectivity index (χ1) is 14.3. The van der Waals surface area contributed by atoms with Crippen LogP contribution in [0.3, 0.4) is 0 Å². The van der Waals surface area contributed by atoms with Gasteiger partial charge in [-0.2, -0.15) is 0 Å². The number of fused-ring (bicyclic) bond motifs is 1. The molecule has 30 heavy (non-hydrogen) atoms. The normalized spacial score (nSPS) is 12.6. The zero-order valence-corrected chi connectivity index (χ0v) is 16.5. The average Bonchev–Trinajstić information content (AvgIpc) is 3.05. The van der Waals surface area contributed by atoms with Crippen molar-refractivity contribution in [3.63, 3.8) is 0 Å². The molecule has 0 unspecified atom stereocenters. The number of hydrogen-bond acceptors (Lipinski definition) is 3. The number of carbonyl (C=O) groups is 1. The number of H-pyrrole nitrogens is 1. The Kier molecular flexibility index (Phi) is 4.71. The monoisotopic (exact) mass is 400 g/mol. The summed E-state index contributed by atoms with van der Waals surface area (Å²) >= 11 is 0. The van der Waals surface area contributed by atoms with Crippen molar-refractivity contribution in [3.05, 3.63) is 103 Å². The van der Waals surface area contributed by atoms with Gasteiger partial charge in [0.2, 0.25) is 5.91 Å². The largest absolute Gasteiger partial charge is 0.366 e. The first-order valence-electron chi connectivity index (χ1n) is 9.32. The van der Waals surface area contributed by atoms with Crippen molar-refractivity contribution in [1.82, 2.24) is 14.1 Å². The number of para-hydroxylation sites is 1. The van der Waals surface area contributed by atoms with Gasteiger partial charge in [0.1, 0.15) is 10.7 Å². The standard InChI is InChI=1S/C23H20N4O3/c1-26-13-16(17-5-3-4-6-19(17)26)12-20-22(29)25-18(23(30)27(20)2)11-14-7-9-15(10-8-14)21(24)28/h3-13H,1-2H3,(H2,24,28)(H,25,29)/b18-11-,20-12-. The Labute approximate surface area is 171 Å². The first kappa shape index (κ1) is 19.2. The van der Waals surface area contributed by atoms with E-state index in [2.05, 4.69) is 4.98 Å². The van der Waals surface area contributed by atoms with Crippen molar-refractivity contribution in [2.45, 2.75) is 0 Å². The summed E-state index contributed by atoms with van der Waals surface area (Å²) in [4.78, 5) is 39.5. The fourth-order valence-electron chi connectivity index (χ4n) is 3.49. The van der Waals surface area contributed by atoms with Gasteiger partial charge in [-0.05, 0) is 35.9 Å². The molecule has 3 N–H and O–H groups in total. The van der Waals surface area contributed by atoms with Gasteiger partial charge in [-0.25, -0.2) is 0 Å². The van der Waals surface area contributed by atoms with E-state index in [4.69, 9.17) is 5.73 Å². The lowest BCUT2D eigenvalue weighted by Gasteiger charge is -2.00. The van der Waals surface area contributed by atoms with Crippen molar-refractivity contribution in [2.24, 2.45) is 19.8 Å². The maximum Gasteiger partial charge on any atom is 0.274 e. The van der Waals surface area contributed by atoms with Crippen LogP contribution in [0.1, 0.15) is 21.5 Å². The highest BCUT2D eigenvalue weighted by Gasteiger charge is 2.06. The zero-order chi connectivity index (χ0) is 21.4. The molecule has 1 amide bonds. The maximum absolute atomic E-state index is 12.8. The molecule has 0 atom stereocenters. The molecule has 4 rings (SSSR count). The van der Waals surface area contributed by atoms with Crippen molar-refractivity contribution in [2.75, 3.05) is 0 Å². The molecular formula is C23H20N4O3. The van der Waals surface area contributed by atoms with Crippen LogP contribution in [-0.4, -0.2) is 20.0 Å². The summed E-state index contributed by atoms with van der Waals surface area (Å²) in [5, 5.41) is 1.42. The SMILES string of the molecule is Cn1c(=O)/c(=C/c2ccc(C(N)=O)cc2)[nH]c(=O)/c1=C/c1cn(C)c2ccccc12. The van der Waals surface area contributed by atoms with Crippen LogP contribution >= 0.6 is 0 Å². The van der Waals surface area contributed by atoms with Crippen LogP contribution in [-0.2, 0) is 14.1 Å². The fraction of sp³-hybridized carbons (Fsp3) is 0.0870. The van der Waals surface area contributed by atoms with E-state index < -0.39 is 5.91 Å². The van der Waals surface area contributed by atoms with Crippen molar-refractivity contribution in [3.8, 4) is 0 Å². The lowest BCUT2D eigenvalue weighted by atomic mass is 10.1. The minimum Gasteiger partial charge on any atom is -0.366 e. The minimum atomic E-state index is -0.529. The Hall–Kier alpha value is -4.13. The lowest BCUT2D eigenvalue weighted by molar-refractivity contribution is 0.100. The van der Waals surface area contributed by atoms with Crippen molar-refractivity contribution < 1.29 is 4.79 Å². The van der Waals surface area contributed by atoms with Gasteiger partial charge in [-0.1, -0.05) is 30.3 Å². The maximum atomic E-state index is 12.8. The second-order valence-corrected chi connectivity index (χ2v) is 7.10. The van der Waals surface area contributed by atoms with E-state index in [1.54, 1.807) is 43.5 Å². The number of hydrogen-bond donors (Lipinski definition) is 2. The van der Waals surface area contributed by atoms with Gasteiger partial charge in [0.05, 0.1) is 0 Å². The van der Waals surface area contributed by atoms with Gasteiger partial charge in [-0.3, -0.25) is 14.4 Å². The van der Waals surface area contributed by atoms with E-state index in [0.29, 0.717) is 11.1 Å². The molecule has 0 saturated carbocycles. The van der Waals surface area contributed by atoms with Crippen LogP contribution in [0.2, 0.25) is 0 Å². The second-order valence-electron chi connectivity index (χ2n) is 7.10. The van der Waals surface area contributed by atoms with E-state index in [1.807, 2.05) is 42.1 Å². The summed E-state index contributed by atoms with van der Waals surface area (Å²) in [5.74, 6) is -0.529. The number of primary amides is 1. The van der Waals surface area contributed by atoms with Crippen LogP contribution in [0.15, 0.2) is 64.3 Å². The number of nitrogens with two attached hydrogens (primary N) is 1. The Morgan fingerprint density at radius 1 is 1.00 bits per heavy atom. The van der Waals surface area contributed by atoms with Gasteiger partial charge in [0.25, 0.3) is 11.1 Å². The summed E-state index contributed by atoms with van der Waals surface area (Å²) in [5.41, 5.74) is 7.46. The fourth-order valence-corrected chi connectivity index (χ4v) is 3.49. The third kappa shape index (κ3) is 3.37. The second kappa shape index (κ2) is 7.36. The summed E-state index contributed by atoms with van der Waals surface area (Å²) in [6.45, 7) is 0. The van der Waals surface area contributed by atoms with Gasteiger partial charge >= 0.3 is 0 Å². The molecule has 150 valence electrons. The summed E-state index contributed by atoms with van der Waals surface area (Å²) in [6.07, 6.45) is 5.21. The summed E-state index contributed by atoms with van der Waals surface area (Å²) in [7, 11) is 3.51. The number of aromatic amines is 1. The number of carbonyl (C=O) groups excluding carboxylic acids is 1. The van der Waals surface area contributed by atoms with Crippen LogP contribution in [0.25, 0.3) is 23.1 Å². The molecular weight excluding hydrogens is 380 g/mol. The number of aryl methyl sites for hydroxylation is 1. The van der Waals surface area contributed by atoms with E-state index in [-0.39, 0.29) is 21.8 Å². The first-order valence-corrected chi connectivity index (χ1v) is 9.32. The number of aromatic nitrogens is 3. The third-order valence-electron chi connectivity index (χ3n) is 5.10. The average molecular weight is 400 g/mol. The van der Waals surface area contributed by atoms with Gasteiger partial charge < -0.3 is 19.9 Å². The molecule has 0 bridgehead atoms. The molecule has 0 fully saturated rings. The Bertz CT molecular complexity index is 1520. The Morgan fingerprint density at radius 2 is 1.70 bits per heavy atom. The minimum absolute atomic E-state index is 0.157. The van der Waals surface area contributed by atoms with E-state index in [0.717, 1.165) is 16.5 Å². The number of nitrogens with one attached hydrogen (secondary N) is 1. The molecule has 0 radical (unpaired) electrons. The number of rotatable bonds is 3. The van der Waals surface area contributed by atoms with Crippen LogP contribution < -0.4 is 27.6 Å². The molecule has 0 saturated heterocycles. The molecule has 2 aromatic heterocycles. The highest BCUT2D eigenvalue weighted by Crippen LogP contribution is 2.20. The van der Waals surface area contributed by atoms with E-state index in [9.17, 15) is 14.4 Å². The highest BCUT2D eigenvalue weighted by atomic mass is 16.1. The van der Waals surface area contributed by atoms with Crippen molar-refractivity contribution in [1.29, 1.82) is 0 Å². The zero-order valence-electron chi connectivity index (χ0n) is 16.5. The molecule has 2 heterocycles. The quantitative estimate of drug-likeness (QED) is 0.518. The Morgan fingerprint density at radius 3 is 2.40 bits per heavy atom. The lowest BCUT2D eigenvalue weighted by Crippen LogP contribution is -2.52. The predicted octanol–water partition coefficient (Wildman–Crippen LogP) is 0.322. The van der Waals surface area contributed by atoms with Gasteiger partial charge in [-0.15, -0.1) is 0 Å². The predicted molar refractivity (Wildman–Crippen MR) is 117 cm³/mol. The molecule has 4 aromatic rings. The third-order valence-corrected chi connectivity index (χ3v) is 5.10. The van der Waals surface area contributed by atoms with E-state index >= 15 is 0 Å². The molecule has 2 aromatic carbocycles.